The number of thiazole rings is 1. The predicted octanol–water partition coefficient (Wildman–Crippen LogP) is 4.19. The van der Waals surface area contributed by atoms with E-state index in [1.807, 2.05) is 0 Å². The minimum atomic E-state index is 0.337. The van der Waals surface area contributed by atoms with Crippen molar-refractivity contribution in [3.63, 3.8) is 0 Å². The topological polar surface area (TPSA) is 12.9 Å². The molecule has 0 saturated heterocycles. The molecule has 0 N–H and O–H groups in total. The van der Waals surface area contributed by atoms with Gasteiger partial charge in [-0.25, -0.2) is 4.98 Å². The molecule has 1 aromatic rings. The van der Waals surface area contributed by atoms with E-state index in [-0.39, 0.29) is 0 Å². The molecule has 0 aliphatic rings. The van der Waals surface area contributed by atoms with E-state index in [2.05, 4.69) is 54.0 Å². The highest BCUT2D eigenvalue weighted by Crippen LogP contribution is 2.30. The molecular formula is C11H18BrNS. The lowest BCUT2D eigenvalue weighted by Gasteiger charge is -2.24. The van der Waals surface area contributed by atoms with Crippen molar-refractivity contribution in [1.29, 1.82) is 0 Å². The molecule has 1 atom stereocenters. The Bertz CT molecular complexity index is 291. The fourth-order valence-corrected chi connectivity index (χ4v) is 3.30. The summed E-state index contributed by atoms with van der Waals surface area (Å²) in [4.78, 5) is 5.09. The van der Waals surface area contributed by atoms with Crippen LogP contribution in [0.25, 0.3) is 0 Å². The molecule has 14 heavy (non-hydrogen) atoms. The zero-order chi connectivity index (χ0) is 10.8. The van der Waals surface area contributed by atoms with Gasteiger partial charge in [0.05, 0.1) is 10.7 Å². The second-order valence-corrected chi connectivity index (χ2v) is 7.31. The van der Waals surface area contributed by atoms with Gasteiger partial charge in [0.1, 0.15) is 0 Å². The van der Waals surface area contributed by atoms with Crippen LogP contribution in [0.3, 0.4) is 0 Å². The number of rotatable bonds is 4. The summed E-state index contributed by atoms with van der Waals surface area (Å²) in [5.41, 5.74) is 1.58. The van der Waals surface area contributed by atoms with Gasteiger partial charge in [0.15, 0.2) is 0 Å². The molecule has 0 amide bonds. The predicted molar refractivity (Wildman–Crippen MR) is 67.3 cm³/mol. The van der Waals surface area contributed by atoms with E-state index in [1.54, 1.807) is 11.3 Å². The molecule has 1 heterocycles. The Hall–Kier alpha value is 0.110. The summed E-state index contributed by atoms with van der Waals surface area (Å²) in [6.07, 6.45) is 2.26. The molecule has 0 aliphatic carbocycles. The normalized spacial score (nSPS) is 14.4. The summed E-state index contributed by atoms with van der Waals surface area (Å²) in [7, 11) is 0. The third-order valence-electron chi connectivity index (χ3n) is 2.16. The SMILES string of the molecule is Cc1nc(CC(C)(C)CC(C)Br)cs1. The quantitative estimate of drug-likeness (QED) is 0.751. The average Bonchev–Trinajstić information content (AvgIpc) is 2.30. The Morgan fingerprint density at radius 2 is 2.21 bits per heavy atom. The van der Waals surface area contributed by atoms with Crippen molar-refractivity contribution in [2.24, 2.45) is 5.41 Å². The van der Waals surface area contributed by atoms with Crippen molar-refractivity contribution in [3.05, 3.63) is 16.1 Å². The van der Waals surface area contributed by atoms with Crippen LogP contribution in [0.15, 0.2) is 5.38 Å². The van der Waals surface area contributed by atoms with E-state index >= 15 is 0 Å². The number of aryl methyl sites for hydroxylation is 1. The standard InChI is InChI=1S/C11H18BrNS/c1-8(12)5-11(3,4)6-10-7-14-9(2)13-10/h7-8H,5-6H2,1-4H3. The van der Waals surface area contributed by atoms with Crippen LogP contribution in [-0.4, -0.2) is 9.81 Å². The van der Waals surface area contributed by atoms with Crippen LogP contribution < -0.4 is 0 Å². The Kier molecular flexibility index (Phi) is 4.14. The summed E-state index contributed by atoms with van der Waals surface area (Å²) in [6, 6.07) is 0. The number of nitrogens with zero attached hydrogens (tertiary/aromatic N) is 1. The van der Waals surface area contributed by atoms with Crippen LogP contribution >= 0.6 is 27.3 Å². The maximum absolute atomic E-state index is 4.51. The van der Waals surface area contributed by atoms with Gasteiger partial charge in [-0.05, 0) is 25.2 Å². The number of hydrogen-bond acceptors (Lipinski definition) is 2. The molecule has 80 valence electrons. The summed E-state index contributed by atoms with van der Waals surface area (Å²) in [5.74, 6) is 0. The van der Waals surface area contributed by atoms with Crippen molar-refractivity contribution in [2.75, 3.05) is 0 Å². The largest absolute Gasteiger partial charge is 0.247 e. The van der Waals surface area contributed by atoms with Crippen molar-refractivity contribution in [3.8, 4) is 0 Å². The van der Waals surface area contributed by atoms with Gasteiger partial charge < -0.3 is 0 Å². The van der Waals surface area contributed by atoms with E-state index in [1.165, 1.54) is 17.1 Å². The summed E-state index contributed by atoms with van der Waals surface area (Å²) in [6.45, 7) is 8.88. The first-order chi connectivity index (χ1) is 6.39. The maximum atomic E-state index is 4.51. The van der Waals surface area contributed by atoms with Crippen LogP contribution in [0.5, 0.6) is 0 Å². The van der Waals surface area contributed by atoms with Crippen molar-refractivity contribution in [1.82, 2.24) is 4.98 Å². The lowest BCUT2D eigenvalue weighted by atomic mass is 9.84. The lowest BCUT2D eigenvalue weighted by molar-refractivity contribution is 0.332. The molecule has 1 nitrogen and oxygen atoms in total. The Labute approximate surface area is 99.1 Å². The number of halogens is 1. The molecule has 3 heteroatoms. The van der Waals surface area contributed by atoms with E-state index in [0.717, 1.165) is 6.42 Å². The van der Waals surface area contributed by atoms with Crippen LogP contribution in [0, 0.1) is 12.3 Å². The van der Waals surface area contributed by atoms with Crippen LogP contribution in [0.4, 0.5) is 0 Å². The van der Waals surface area contributed by atoms with E-state index in [9.17, 15) is 0 Å². The van der Waals surface area contributed by atoms with E-state index in [0.29, 0.717) is 10.2 Å². The molecule has 0 spiro atoms. The summed E-state index contributed by atoms with van der Waals surface area (Å²) in [5, 5.41) is 3.35. The molecule has 0 aliphatic heterocycles. The van der Waals surface area contributed by atoms with Gasteiger partial charge in [-0.3, -0.25) is 0 Å². The lowest BCUT2D eigenvalue weighted by Crippen LogP contribution is -2.18. The van der Waals surface area contributed by atoms with Gasteiger partial charge in [-0.2, -0.15) is 0 Å². The number of alkyl halides is 1. The molecule has 1 rings (SSSR count). The van der Waals surface area contributed by atoms with Gasteiger partial charge in [0.2, 0.25) is 0 Å². The highest BCUT2D eigenvalue weighted by atomic mass is 79.9. The van der Waals surface area contributed by atoms with Gasteiger partial charge in [-0.15, -0.1) is 11.3 Å². The fraction of sp³-hybridized carbons (Fsp3) is 0.727. The van der Waals surface area contributed by atoms with Gasteiger partial charge in [-0.1, -0.05) is 36.7 Å². The number of hydrogen-bond donors (Lipinski definition) is 0. The Morgan fingerprint density at radius 1 is 1.57 bits per heavy atom. The molecule has 1 unspecified atom stereocenters. The third kappa shape index (κ3) is 4.09. The van der Waals surface area contributed by atoms with Crippen LogP contribution in [-0.2, 0) is 6.42 Å². The number of aromatic nitrogens is 1. The minimum absolute atomic E-state index is 0.337. The van der Waals surface area contributed by atoms with Crippen LogP contribution in [0.1, 0.15) is 37.9 Å². The van der Waals surface area contributed by atoms with E-state index in [4.69, 9.17) is 0 Å². The molecule has 0 bridgehead atoms. The third-order valence-corrected chi connectivity index (χ3v) is 3.31. The van der Waals surface area contributed by atoms with Crippen LogP contribution in [0.2, 0.25) is 0 Å². The fourth-order valence-electron chi connectivity index (χ4n) is 1.81. The van der Waals surface area contributed by atoms with Crippen molar-refractivity contribution in [2.45, 2.75) is 45.4 Å². The van der Waals surface area contributed by atoms with Gasteiger partial charge in [0, 0.05) is 10.2 Å². The molecule has 0 fully saturated rings. The summed E-state index contributed by atoms with van der Waals surface area (Å²) >= 11 is 5.35. The van der Waals surface area contributed by atoms with E-state index < -0.39 is 0 Å². The second kappa shape index (κ2) is 4.75. The molecule has 0 radical (unpaired) electrons. The highest BCUT2D eigenvalue weighted by Gasteiger charge is 2.21. The Morgan fingerprint density at radius 3 is 2.64 bits per heavy atom. The first-order valence-corrected chi connectivity index (χ1v) is 6.74. The first kappa shape index (κ1) is 12.2. The zero-order valence-corrected chi connectivity index (χ0v) is 11.7. The molecule has 0 saturated carbocycles. The van der Waals surface area contributed by atoms with Crippen molar-refractivity contribution < 1.29 is 0 Å². The average molecular weight is 276 g/mol. The van der Waals surface area contributed by atoms with Crippen molar-refractivity contribution >= 4 is 27.3 Å². The highest BCUT2D eigenvalue weighted by molar-refractivity contribution is 9.09. The Balaban J connectivity index is 2.58. The minimum Gasteiger partial charge on any atom is -0.247 e. The zero-order valence-electron chi connectivity index (χ0n) is 9.30. The molecule has 1 aromatic heterocycles. The second-order valence-electron chi connectivity index (χ2n) is 4.68. The van der Waals surface area contributed by atoms with Gasteiger partial charge in [0.25, 0.3) is 0 Å². The first-order valence-electron chi connectivity index (χ1n) is 4.94. The monoisotopic (exact) mass is 275 g/mol. The summed E-state index contributed by atoms with van der Waals surface area (Å²) < 4.78 is 0. The molecular weight excluding hydrogens is 258 g/mol. The maximum Gasteiger partial charge on any atom is 0.0897 e. The smallest absolute Gasteiger partial charge is 0.0897 e. The van der Waals surface area contributed by atoms with Gasteiger partial charge >= 0.3 is 0 Å². The molecule has 0 aromatic carbocycles.